The number of hydrogen-bond acceptors (Lipinski definition) is 4. The molecule has 7 heteroatoms. The first kappa shape index (κ1) is 21.1. The zero-order valence-corrected chi connectivity index (χ0v) is 16.9. The van der Waals surface area contributed by atoms with Crippen LogP contribution in [0, 0.1) is 18.7 Å². The van der Waals surface area contributed by atoms with E-state index in [0.717, 1.165) is 12.0 Å². The standard InChI is InChI=1S/C20H26FN3O2S/c1-12(2)10-20(4,11-22)24-19(26)17-13(3)8-16(27-17)23-18(25)14-6-5-7-15(21)9-14/h5-9,12H,10-11,22H2,1-4H3,(H,23,25)(H,24,26). The monoisotopic (exact) mass is 391 g/mol. The summed E-state index contributed by atoms with van der Waals surface area (Å²) in [6.07, 6.45) is 0.767. The van der Waals surface area contributed by atoms with Crippen molar-refractivity contribution in [3.05, 3.63) is 52.2 Å². The number of thiophene rings is 1. The fourth-order valence-electron chi connectivity index (χ4n) is 3.00. The summed E-state index contributed by atoms with van der Waals surface area (Å²) in [5, 5.41) is 6.27. The molecule has 1 aromatic heterocycles. The molecule has 1 atom stereocenters. The van der Waals surface area contributed by atoms with Gasteiger partial charge in [0.1, 0.15) is 5.82 Å². The van der Waals surface area contributed by atoms with Crippen LogP contribution in [-0.2, 0) is 0 Å². The Labute approximate surface area is 163 Å². The number of nitrogens with one attached hydrogen (secondary N) is 2. The summed E-state index contributed by atoms with van der Waals surface area (Å²) in [6, 6.07) is 7.19. The van der Waals surface area contributed by atoms with Gasteiger partial charge in [0.2, 0.25) is 0 Å². The number of carbonyl (C=O) groups excluding carboxylic acids is 2. The highest BCUT2D eigenvalue weighted by Gasteiger charge is 2.27. The van der Waals surface area contributed by atoms with Crippen LogP contribution in [-0.4, -0.2) is 23.9 Å². The quantitative estimate of drug-likeness (QED) is 0.668. The van der Waals surface area contributed by atoms with Gasteiger partial charge in [-0.3, -0.25) is 9.59 Å². The van der Waals surface area contributed by atoms with Gasteiger partial charge < -0.3 is 16.4 Å². The molecule has 0 saturated heterocycles. The Morgan fingerprint density at radius 1 is 1.26 bits per heavy atom. The second kappa shape index (κ2) is 8.63. The smallest absolute Gasteiger partial charge is 0.262 e. The molecule has 2 amide bonds. The fourth-order valence-corrected chi connectivity index (χ4v) is 3.96. The lowest BCUT2D eigenvalue weighted by Crippen LogP contribution is -2.52. The van der Waals surface area contributed by atoms with Gasteiger partial charge in [0.15, 0.2) is 0 Å². The Morgan fingerprint density at radius 2 is 1.96 bits per heavy atom. The van der Waals surface area contributed by atoms with Crippen LogP contribution >= 0.6 is 11.3 Å². The number of aryl methyl sites for hydroxylation is 1. The predicted molar refractivity (Wildman–Crippen MR) is 108 cm³/mol. The van der Waals surface area contributed by atoms with Crippen molar-refractivity contribution >= 4 is 28.2 Å². The number of nitrogens with two attached hydrogens (primary N) is 1. The number of carbonyl (C=O) groups is 2. The molecule has 0 aliphatic heterocycles. The summed E-state index contributed by atoms with van der Waals surface area (Å²) < 4.78 is 13.3. The van der Waals surface area contributed by atoms with Crippen molar-refractivity contribution in [3.63, 3.8) is 0 Å². The maximum atomic E-state index is 13.3. The zero-order valence-electron chi connectivity index (χ0n) is 16.1. The first-order valence-electron chi connectivity index (χ1n) is 8.83. The van der Waals surface area contributed by atoms with Crippen LogP contribution in [0.15, 0.2) is 30.3 Å². The number of halogens is 1. The summed E-state index contributed by atoms with van der Waals surface area (Å²) in [5.74, 6) is -0.715. The third-order valence-electron chi connectivity index (χ3n) is 4.17. The normalized spacial score (nSPS) is 13.3. The lowest BCUT2D eigenvalue weighted by atomic mass is 9.90. The molecule has 1 aromatic carbocycles. The number of rotatable bonds is 7. The van der Waals surface area contributed by atoms with Gasteiger partial charge in [-0.15, -0.1) is 11.3 Å². The fraction of sp³-hybridized carbons (Fsp3) is 0.400. The maximum Gasteiger partial charge on any atom is 0.262 e. The third kappa shape index (κ3) is 5.61. The van der Waals surface area contributed by atoms with Gasteiger partial charge in [0, 0.05) is 12.1 Å². The molecule has 0 bridgehead atoms. The van der Waals surface area contributed by atoms with Crippen LogP contribution in [0.5, 0.6) is 0 Å². The second-order valence-electron chi connectivity index (χ2n) is 7.40. The molecule has 0 spiro atoms. The van der Waals surface area contributed by atoms with E-state index in [0.29, 0.717) is 22.3 Å². The number of anilines is 1. The van der Waals surface area contributed by atoms with Crippen LogP contribution in [0.25, 0.3) is 0 Å². The molecule has 0 aliphatic carbocycles. The molecule has 2 rings (SSSR count). The van der Waals surface area contributed by atoms with Gasteiger partial charge in [0.05, 0.1) is 15.4 Å². The Bertz CT molecular complexity index is 834. The van der Waals surface area contributed by atoms with Crippen LogP contribution in [0.1, 0.15) is 52.8 Å². The molecule has 1 unspecified atom stereocenters. The van der Waals surface area contributed by atoms with Crippen LogP contribution in [0.4, 0.5) is 9.39 Å². The van der Waals surface area contributed by atoms with E-state index in [4.69, 9.17) is 5.73 Å². The van der Waals surface area contributed by atoms with Gasteiger partial charge in [-0.25, -0.2) is 4.39 Å². The molecular weight excluding hydrogens is 365 g/mol. The van der Waals surface area contributed by atoms with Gasteiger partial charge in [-0.1, -0.05) is 19.9 Å². The SMILES string of the molecule is Cc1cc(NC(=O)c2cccc(F)c2)sc1C(=O)NC(C)(CN)CC(C)C. The Kier molecular flexibility index (Phi) is 6.73. The van der Waals surface area contributed by atoms with E-state index in [1.54, 1.807) is 6.07 Å². The lowest BCUT2D eigenvalue weighted by Gasteiger charge is -2.31. The van der Waals surface area contributed by atoms with Crippen molar-refractivity contribution in [2.24, 2.45) is 11.7 Å². The molecule has 5 nitrogen and oxygen atoms in total. The van der Waals surface area contributed by atoms with Crippen LogP contribution < -0.4 is 16.4 Å². The minimum absolute atomic E-state index is 0.211. The van der Waals surface area contributed by atoms with Crippen LogP contribution in [0.3, 0.4) is 0 Å². The van der Waals surface area contributed by atoms with E-state index in [2.05, 4.69) is 24.5 Å². The first-order valence-corrected chi connectivity index (χ1v) is 9.65. The van der Waals surface area contributed by atoms with E-state index in [1.807, 2.05) is 13.8 Å². The highest BCUT2D eigenvalue weighted by atomic mass is 32.1. The summed E-state index contributed by atoms with van der Waals surface area (Å²) in [7, 11) is 0. The Morgan fingerprint density at radius 3 is 2.56 bits per heavy atom. The predicted octanol–water partition coefficient (Wildman–Crippen LogP) is 3.94. The number of benzene rings is 1. The van der Waals surface area contributed by atoms with Crippen molar-refractivity contribution < 1.29 is 14.0 Å². The molecule has 0 saturated carbocycles. The molecule has 0 aliphatic rings. The topological polar surface area (TPSA) is 84.2 Å². The van der Waals surface area contributed by atoms with E-state index in [9.17, 15) is 14.0 Å². The molecule has 146 valence electrons. The molecule has 0 radical (unpaired) electrons. The highest BCUT2D eigenvalue weighted by molar-refractivity contribution is 7.18. The Balaban J connectivity index is 2.13. The summed E-state index contributed by atoms with van der Waals surface area (Å²) in [6.45, 7) is 8.24. The van der Waals surface area contributed by atoms with Crippen molar-refractivity contribution in [2.75, 3.05) is 11.9 Å². The van der Waals surface area contributed by atoms with Crippen molar-refractivity contribution in [3.8, 4) is 0 Å². The van der Waals surface area contributed by atoms with Gasteiger partial charge >= 0.3 is 0 Å². The number of amides is 2. The largest absolute Gasteiger partial charge is 0.345 e. The highest BCUT2D eigenvalue weighted by Crippen LogP contribution is 2.28. The Hall–Kier alpha value is -2.25. The molecule has 1 heterocycles. The van der Waals surface area contributed by atoms with E-state index < -0.39 is 17.3 Å². The second-order valence-corrected chi connectivity index (χ2v) is 8.46. The minimum Gasteiger partial charge on any atom is -0.345 e. The molecular formula is C20H26FN3O2S. The van der Waals surface area contributed by atoms with Gasteiger partial charge in [-0.05, 0) is 56.0 Å². The van der Waals surface area contributed by atoms with Crippen molar-refractivity contribution in [1.29, 1.82) is 0 Å². The minimum atomic E-state index is -0.493. The molecule has 0 fully saturated rings. The van der Waals surface area contributed by atoms with Gasteiger partial charge in [-0.2, -0.15) is 0 Å². The zero-order chi connectivity index (χ0) is 20.2. The average Bonchev–Trinajstić information content (AvgIpc) is 2.94. The van der Waals surface area contributed by atoms with Crippen molar-refractivity contribution in [1.82, 2.24) is 5.32 Å². The van der Waals surface area contributed by atoms with Crippen LogP contribution in [0.2, 0.25) is 0 Å². The number of hydrogen-bond donors (Lipinski definition) is 3. The summed E-state index contributed by atoms with van der Waals surface area (Å²) in [4.78, 5) is 25.5. The molecule has 4 N–H and O–H groups in total. The third-order valence-corrected chi connectivity index (χ3v) is 5.32. The molecule has 27 heavy (non-hydrogen) atoms. The summed E-state index contributed by atoms with van der Waals surface area (Å²) >= 11 is 1.19. The van der Waals surface area contributed by atoms with E-state index in [1.165, 1.54) is 35.6 Å². The van der Waals surface area contributed by atoms with E-state index >= 15 is 0 Å². The lowest BCUT2D eigenvalue weighted by molar-refractivity contribution is 0.0901. The molecule has 2 aromatic rings. The maximum absolute atomic E-state index is 13.3. The van der Waals surface area contributed by atoms with Crippen molar-refractivity contribution in [2.45, 2.75) is 39.7 Å². The average molecular weight is 392 g/mol. The first-order chi connectivity index (χ1) is 12.6. The van der Waals surface area contributed by atoms with E-state index in [-0.39, 0.29) is 11.5 Å². The van der Waals surface area contributed by atoms with Gasteiger partial charge in [0.25, 0.3) is 11.8 Å². The summed E-state index contributed by atoms with van der Waals surface area (Å²) in [5.41, 5.74) is 6.36.